The van der Waals surface area contributed by atoms with Crippen LogP contribution >= 0.6 is 22.7 Å². The topological polar surface area (TPSA) is 126 Å². The van der Waals surface area contributed by atoms with Crippen molar-refractivity contribution in [1.82, 2.24) is 10.2 Å². The number of amides is 2. The van der Waals surface area contributed by atoms with Crippen LogP contribution in [0.5, 0.6) is 0 Å². The lowest BCUT2D eigenvalue weighted by atomic mass is 10.3. The molecule has 0 saturated heterocycles. The molecule has 3 aromatic rings. The van der Waals surface area contributed by atoms with Gasteiger partial charge in [-0.1, -0.05) is 11.3 Å². The molecule has 3 heterocycles. The number of carboxylic acids is 1. The van der Waals surface area contributed by atoms with Gasteiger partial charge in [-0.3, -0.25) is 10.2 Å². The summed E-state index contributed by atoms with van der Waals surface area (Å²) in [5, 5.41) is 20.7. The molecule has 0 spiro atoms. The number of carbonyl (C=O) groups excluding carboxylic acids is 1. The fourth-order valence-electron chi connectivity index (χ4n) is 1.84. The summed E-state index contributed by atoms with van der Waals surface area (Å²) in [5.41, 5.74) is -1.17. The van der Waals surface area contributed by atoms with Gasteiger partial charge in [-0.05, 0) is 13.0 Å². The summed E-state index contributed by atoms with van der Waals surface area (Å²) in [6, 6.07) is 2.29. The van der Waals surface area contributed by atoms with Crippen molar-refractivity contribution < 1.29 is 19.1 Å². The molecular formula is C13H10N4O5S2. The van der Waals surface area contributed by atoms with Gasteiger partial charge in [0.25, 0.3) is 0 Å². The van der Waals surface area contributed by atoms with Crippen molar-refractivity contribution in [3.63, 3.8) is 0 Å². The number of nitrogens with one attached hydrogen (secondary N) is 1. The Morgan fingerprint density at radius 3 is 2.67 bits per heavy atom. The largest absolute Gasteiger partial charge is 0.477 e. The second-order valence-electron chi connectivity index (χ2n) is 4.68. The van der Waals surface area contributed by atoms with Gasteiger partial charge in [0, 0.05) is 13.1 Å². The lowest BCUT2D eigenvalue weighted by molar-refractivity contribution is 0.0692. The molecule has 9 nitrogen and oxygen atoms in total. The highest BCUT2D eigenvalue weighted by molar-refractivity contribution is 7.22. The molecule has 3 rings (SSSR count). The first-order chi connectivity index (χ1) is 11.3. The van der Waals surface area contributed by atoms with Gasteiger partial charge in [0.2, 0.25) is 5.13 Å². The molecule has 0 bridgehead atoms. The molecule has 124 valence electrons. The van der Waals surface area contributed by atoms with Gasteiger partial charge in [-0.2, -0.15) is 0 Å². The average molecular weight is 366 g/mol. The van der Waals surface area contributed by atoms with Crippen molar-refractivity contribution in [3.05, 3.63) is 33.1 Å². The van der Waals surface area contributed by atoms with Crippen LogP contribution in [-0.2, 0) is 0 Å². The number of aromatic nitrogens is 2. The third-order valence-electron chi connectivity index (χ3n) is 3.02. The van der Waals surface area contributed by atoms with Crippen LogP contribution in [0.2, 0.25) is 0 Å². The van der Waals surface area contributed by atoms with Crippen LogP contribution in [0.4, 0.5) is 14.9 Å². The molecule has 0 fully saturated rings. The molecule has 0 aliphatic carbocycles. The van der Waals surface area contributed by atoms with Crippen molar-refractivity contribution >= 4 is 55.1 Å². The second kappa shape index (κ2) is 6.02. The predicted octanol–water partition coefficient (Wildman–Crippen LogP) is 2.38. The fraction of sp³-hybridized carbons (Fsp3) is 0.154. The Morgan fingerprint density at radius 2 is 2.04 bits per heavy atom. The van der Waals surface area contributed by atoms with Gasteiger partial charge in [0.05, 0.1) is 4.70 Å². The first-order valence-corrected chi connectivity index (χ1v) is 8.14. The van der Waals surface area contributed by atoms with Crippen molar-refractivity contribution in [2.24, 2.45) is 0 Å². The third kappa shape index (κ3) is 2.98. The Morgan fingerprint density at radius 1 is 1.29 bits per heavy atom. The molecule has 3 aromatic heterocycles. The van der Waals surface area contributed by atoms with Crippen molar-refractivity contribution in [2.75, 3.05) is 17.3 Å². The van der Waals surface area contributed by atoms with Crippen LogP contribution in [0.25, 0.3) is 10.3 Å². The molecule has 24 heavy (non-hydrogen) atoms. The summed E-state index contributed by atoms with van der Waals surface area (Å²) < 4.78 is 5.43. The maximum Gasteiger partial charge on any atom is 0.351 e. The van der Waals surface area contributed by atoms with Gasteiger partial charge in [0.15, 0.2) is 5.58 Å². The highest BCUT2D eigenvalue weighted by Gasteiger charge is 2.19. The number of carbonyl (C=O) groups is 2. The van der Waals surface area contributed by atoms with Crippen LogP contribution in [0.15, 0.2) is 21.3 Å². The van der Waals surface area contributed by atoms with E-state index < -0.39 is 23.2 Å². The minimum atomic E-state index is -1.36. The molecule has 0 aliphatic heterocycles. The monoisotopic (exact) mass is 366 g/mol. The molecular weight excluding hydrogens is 356 g/mol. The van der Waals surface area contributed by atoms with E-state index in [-0.39, 0.29) is 5.58 Å². The van der Waals surface area contributed by atoms with Crippen molar-refractivity contribution in [1.29, 1.82) is 0 Å². The van der Waals surface area contributed by atoms with Gasteiger partial charge in [-0.15, -0.1) is 21.5 Å². The molecule has 0 aliphatic rings. The number of urea groups is 1. The quantitative estimate of drug-likeness (QED) is 0.729. The Balaban J connectivity index is 1.89. The molecule has 0 aromatic carbocycles. The number of aryl methyl sites for hydroxylation is 1. The summed E-state index contributed by atoms with van der Waals surface area (Å²) >= 11 is 2.36. The van der Waals surface area contributed by atoms with E-state index in [1.54, 1.807) is 6.92 Å². The number of hydrogen-bond acceptors (Lipinski definition) is 8. The van der Waals surface area contributed by atoms with Crippen molar-refractivity contribution in [3.8, 4) is 0 Å². The molecule has 2 amide bonds. The van der Waals surface area contributed by atoms with Gasteiger partial charge >= 0.3 is 17.6 Å². The van der Waals surface area contributed by atoms with E-state index in [2.05, 4.69) is 15.5 Å². The Hall–Kier alpha value is -2.79. The van der Waals surface area contributed by atoms with Gasteiger partial charge in [0.1, 0.15) is 15.6 Å². The maximum absolute atomic E-state index is 12.2. The standard InChI is InChI=1S/C13H10N4O5S2/c1-5-15-16-12(23-5)14-13(21)17(2)9-4-7-8(24-9)3-6(10(18)19)11(20)22-7/h3-4H,1-2H3,(H,18,19)(H,14,16,21). The number of fused-ring (bicyclic) bond motifs is 1. The summed E-state index contributed by atoms with van der Waals surface area (Å²) in [4.78, 5) is 36.1. The highest BCUT2D eigenvalue weighted by Crippen LogP contribution is 2.32. The van der Waals surface area contributed by atoms with Gasteiger partial charge in [-0.25, -0.2) is 14.4 Å². The van der Waals surface area contributed by atoms with Crippen LogP contribution in [0.1, 0.15) is 15.4 Å². The van der Waals surface area contributed by atoms with E-state index in [0.717, 1.165) is 16.3 Å². The lowest BCUT2D eigenvalue weighted by Gasteiger charge is -2.13. The summed E-state index contributed by atoms with van der Waals surface area (Å²) in [5.74, 6) is -1.36. The molecule has 0 radical (unpaired) electrons. The maximum atomic E-state index is 12.2. The Labute approximate surface area is 142 Å². The van der Waals surface area contributed by atoms with E-state index in [9.17, 15) is 14.4 Å². The summed E-state index contributed by atoms with van der Waals surface area (Å²) in [6.07, 6.45) is 0. The smallest absolute Gasteiger partial charge is 0.351 e. The zero-order valence-electron chi connectivity index (χ0n) is 12.4. The molecule has 2 N–H and O–H groups in total. The lowest BCUT2D eigenvalue weighted by Crippen LogP contribution is -2.30. The number of thiophene rings is 1. The molecule has 0 atom stereocenters. The number of hydrogen-bond donors (Lipinski definition) is 2. The summed E-state index contributed by atoms with van der Waals surface area (Å²) in [7, 11) is 1.53. The van der Waals surface area contributed by atoms with Gasteiger partial charge < -0.3 is 9.52 Å². The Bertz CT molecular complexity index is 1010. The van der Waals surface area contributed by atoms with Crippen LogP contribution in [0.3, 0.4) is 0 Å². The molecule has 0 saturated carbocycles. The number of carboxylic acid groups (broad SMARTS) is 1. The minimum absolute atomic E-state index is 0.219. The zero-order chi connectivity index (χ0) is 17.4. The van der Waals surface area contributed by atoms with E-state index in [4.69, 9.17) is 9.52 Å². The predicted molar refractivity (Wildman–Crippen MR) is 89.4 cm³/mol. The molecule has 0 unspecified atom stereocenters. The molecule has 11 heteroatoms. The van der Waals surface area contributed by atoms with E-state index in [0.29, 0.717) is 14.8 Å². The van der Waals surface area contributed by atoms with E-state index in [1.807, 2.05) is 0 Å². The number of rotatable bonds is 3. The zero-order valence-corrected chi connectivity index (χ0v) is 14.0. The Kier molecular flexibility index (Phi) is 4.03. The highest BCUT2D eigenvalue weighted by atomic mass is 32.1. The normalized spacial score (nSPS) is 10.8. The number of nitrogens with zero attached hydrogens (tertiary/aromatic N) is 3. The average Bonchev–Trinajstić information content (AvgIpc) is 3.11. The number of anilines is 2. The second-order valence-corrected chi connectivity index (χ2v) is 6.93. The third-order valence-corrected chi connectivity index (χ3v) is 4.91. The van der Waals surface area contributed by atoms with Crippen LogP contribution in [-0.4, -0.2) is 34.4 Å². The minimum Gasteiger partial charge on any atom is -0.477 e. The SMILES string of the molecule is Cc1nnc(NC(=O)N(C)c2cc3oc(=O)c(C(=O)O)cc3s2)s1. The van der Waals surface area contributed by atoms with Crippen molar-refractivity contribution in [2.45, 2.75) is 6.92 Å². The van der Waals surface area contributed by atoms with E-state index >= 15 is 0 Å². The van der Waals surface area contributed by atoms with Crippen LogP contribution < -0.4 is 15.8 Å². The first-order valence-electron chi connectivity index (χ1n) is 6.51. The fourth-order valence-corrected chi connectivity index (χ4v) is 3.41. The number of aromatic carboxylic acids is 1. The van der Waals surface area contributed by atoms with E-state index in [1.165, 1.54) is 35.4 Å². The first kappa shape index (κ1) is 16.1. The summed E-state index contributed by atoms with van der Waals surface area (Å²) in [6.45, 7) is 1.77. The van der Waals surface area contributed by atoms with Crippen LogP contribution in [0, 0.1) is 6.92 Å².